The molecule has 0 spiro atoms. The monoisotopic (exact) mass is 257 g/mol. The number of hydrogen-bond acceptors (Lipinski definition) is 3. The van der Waals surface area contributed by atoms with Crippen LogP contribution in [0.15, 0.2) is 29.2 Å². The maximum absolute atomic E-state index is 11.7. The van der Waals surface area contributed by atoms with Crippen LogP contribution in [0.5, 0.6) is 0 Å². The summed E-state index contributed by atoms with van der Waals surface area (Å²) in [4.78, 5) is -0.273. The summed E-state index contributed by atoms with van der Waals surface area (Å²) >= 11 is 0. The highest BCUT2D eigenvalue weighted by molar-refractivity contribution is 7.86. The summed E-state index contributed by atoms with van der Waals surface area (Å²) in [5.74, 6) is 0. The summed E-state index contributed by atoms with van der Waals surface area (Å²) in [6.07, 6.45) is 1.16. The molecule has 1 aromatic carbocycles. The van der Waals surface area contributed by atoms with Gasteiger partial charge in [-0.05, 0) is 12.1 Å². The standard InChI is InChI=1S/C11H15NO4S/c1-11(2,3)12(13)8-9-6-4-5-7-10(9)17(14,15)16/h4-8H,1-3H3,(H,14,15,16)/b12-8+. The summed E-state index contributed by atoms with van der Waals surface area (Å²) in [7, 11) is -4.32. The van der Waals surface area contributed by atoms with Crippen LogP contribution < -0.4 is 0 Å². The van der Waals surface area contributed by atoms with E-state index in [0.717, 1.165) is 6.21 Å². The quantitative estimate of drug-likeness (QED) is 0.287. The lowest BCUT2D eigenvalue weighted by molar-refractivity contribution is -0.530. The second-order valence-electron chi connectivity index (χ2n) is 4.64. The molecule has 0 saturated heterocycles. The summed E-state index contributed by atoms with van der Waals surface area (Å²) in [6, 6.07) is 5.78. The van der Waals surface area contributed by atoms with Crippen molar-refractivity contribution >= 4 is 16.3 Å². The normalized spacial score (nSPS) is 13.8. The van der Waals surface area contributed by atoms with E-state index in [1.54, 1.807) is 26.8 Å². The van der Waals surface area contributed by atoms with E-state index in [1.807, 2.05) is 0 Å². The molecule has 0 bridgehead atoms. The van der Waals surface area contributed by atoms with Crippen molar-refractivity contribution in [3.8, 4) is 0 Å². The van der Waals surface area contributed by atoms with E-state index in [2.05, 4.69) is 0 Å². The van der Waals surface area contributed by atoms with Gasteiger partial charge in [-0.3, -0.25) is 4.55 Å². The van der Waals surface area contributed by atoms with Gasteiger partial charge in [0.15, 0.2) is 11.8 Å². The number of hydrogen-bond donors (Lipinski definition) is 1. The van der Waals surface area contributed by atoms with Crippen LogP contribution in [0.25, 0.3) is 0 Å². The number of nitrogens with zero attached hydrogens (tertiary/aromatic N) is 1. The minimum Gasteiger partial charge on any atom is -0.623 e. The molecule has 0 atom stereocenters. The molecule has 0 aliphatic heterocycles. The lowest BCUT2D eigenvalue weighted by atomic mass is 10.1. The molecule has 0 heterocycles. The van der Waals surface area contributed by atoms with Gasteiger partial charge in [0, 0.05) is 20.8 Å². The van der Waals surface area contributed by atoms with Gasteiger partial charge in [0.25, 0.3) is 10.1 Å². The van der Waals surface area contributed by atoms with Gasteiger partial charge in [-0.2, -0.15) is 8.42 Å². The molecule has 0 amide bonds. The minimum atomic E-state index is -4.32. The third-order valence-electron chi connectivity index (χ3n) is 2.11. The van der Waals surface area contributed by atoms with Crippen molar-refractivity contribution < 1.29 is 17.7 Å². The maximum atomic E-state index is 11.7. The average Bonchev–Trinajstić information content (AvgIpc) is 2.15. The molecule has 5 nitrogen and oxygen atoms in total. The third-order valence-corrected chi connectivity index (χ3v) is 3.04. The highest BCUT2D eigenvalue weighted by atomic mass is 32.2. The highest BCUT2D eigenvalue weighted by Gasteiger charge is 2.21. The van der Waals surface area contributed by atoms with E-state index >= 15 is 0 Å². The van der Waals surface area contributed by atoms with Crippen LogP contribution in [-0.2, 0) is 10.1 Å². The Morgan fingerprint density at radius 1 is 1.29 bits per heavy atom. The zero-order valence-corrected chi connectivity index (χ0v) is 10.7. The smallest absolute Gasteiger partial charge is 0.295 e. The molecule has 1 rings (SSSR count). The molecule has 17 heavy (non-hydrogen) atoms. The van der Waals surface area contributed by atoms with Gasteiger partial charge in [0.05, 0.1) is 5.56 Å². The second kappa shape index (κ2) is 4.46. The van der Waals surface area contributed by atoms with E-state index in [9.17, 15) is 13.6 Å². The number of hydroxylamine groups is 1. The number of rotatable bonds is 2. The Morgan fingerprint density at radius 3 is 2.29 bits per heavy atom. The molecular formula is C11H15NO4S. The molecular weight excluding hydrogens is 242 g/mol. The third kappa shape index (κ3) is 3.54. The van der Waals surface area contributed by atoms with Gasteiger partial charge < -0.3 is 5.21 Å². The fourth-order valence-electron chi connectivity index (χ4n) is 1.14. The van der Waals surface area contributed by atoms with Gasteiger partial charge in [0.1, 0.15) is 4.90 Å². The Kier molecular flexibility index (Phi) is 3.59. The molecule has 0 aromatic heterocycles. The van der Waals surface area contributed by atoms with Crippen molar-refractivity contribution in [3.63, 3.8) is 0 Å². The highest BCUT2D eigenvalue weighted by Crippen LogP contribution is 2.14. The van der Waals surface area contributed by atoms with Crippen LogP contribution in [0.2, 0.25) is 0 Å². The SMILES string of the molecule is CC(C)(C)/[N+]([O-])=C\c1ccccc1S(=O)(=O)O. The molecule has 6 heteroatoms. The van der Waals surface area contributed by atoms with Crippen molar-refractivity contribution in [2.75, 3.05) is 0 Å². The van der Waals surface area contributed by atoms with Gasteiger partial charge in [0.2, 0.25) is 0 Å². The fourth-order valence-corrected chi connectivity index (χ4v) is 1.81. The van der Waals surface area contributed by atoms with Gasteiger partial charge in [-0.25, -0.2) is 4.74 Å². The van der Waals surface area contributed by atoms with Crippen molar-refractivity contribution in [2.45, 2.75) is 31.2 Å². The second-order valence-corrected chi connectivity index (χ2v) is 6.03. The molecule has 0 aliphatic rings. The van der Waals surface area contributed by atoms with Crippen molar-refractivity contribution in [2.24, 2.45) is 0 Å². The van der Waals surface area contributed by atoms with Crippen LogP contribution in [-0.4, -0.2) is 29.5 Å². The Labute approximate surface area is 101 Å². The van der Waals surface area contributed by atoms with Crippen LogP contribution in [0.4, 0.5) is 0 Å². The molecule has 0 radical (unpaired) electrons. The molecule has 0 saturated carbocycles. The lowest BCUT2D eigenvalue weighted by Crippen LogP contribution is -2.29. The van der Waals surface area contributed by atoms with Crippen molar-refractivity contribution in [1.29, 1.82) is 0 Å². The lowest BCUT2D eigenvalue weighted by Gasteiger charge is -2.18. The predicted octanol–water partition coefficient (Wildman–Crippen LogP) is 1.66. The van der Waals surface area contributed by atoms with Crippen LogP contribution >= 0.6 is 0 Å². The summed E-state index contributed by atoms with van der Waals surface area (Å²) < 4.78 is 31.9. The fraction of sp³-hybridized carbons (Fsp3) is 0.364. The molecule has 1 N–H and O–H groups in total. The zero-order valence-electron chi connectivity index (χ0n) is 9.91. The first-order chi connectivity index (χ1) is 7.62. The molecule has 94 valence electrons. The van der Waals surface area contributed by atoms with E-state index in [1.165, 1.54) is 18.2 Å². The molecule has 1 aromatic rings. The van der Waals surface area contributed by atoms with Crippen molar-refractivity contribution in [3.05, 3.63) is 35.0 Å². The van der Waals surface area contributed by atoms with Gasteiger partial charge >= 0.3 is 0 Å². The molecule has 0 fully saturated rings. The summed E-state index contributed by atoms with van der Waals surface area (Å²) in [5.41, 5.74) is -0.508. The molecule has 0 unspecified atom stereocenters. The van der Waals surface area contributed by atoms with Crippen LogP contribution in [0, 0.1) is 5.21 Å². The Hall–Kier alpha value is -1.40. The van der Waals surface area contributed by atoms with E-state index in [4.69, 9.17) is 4.55 Å². The first-order valence-electron chi connectivity index (χ1n) is 5.00. The molecule has 0 aliphatic carbocycles. The first-order valence-corrected chi connectivity index (χ1v) is 6.44. The largest absolute Gasteiger partial charge is 0.623 e. The minimum absolute atomic E-state index is 0.167. The van der Waals surface area contributed by atoms with Gasteiger partial charge in [-0.1, -0.05) is 12.1 Å². The maximum Gasteiger partial charge on any atom is 0.295 e. The zero-order chi connectivity index (χ0) is 13.3. The Balaban J connectivity index is 3.35. The van der Waals surface area contributed by atoms with E-state index in [-0.39, 0.29) is 10.5 Å². The topological polar surface area (TPSA) is 80.4 Å². The van der Waals surface area contributed by atoms with Crippen LogP contribution in [0.1, 0.15) is 26.3 Å². The van der Waals surface area contributed by atoms with Crippen LogP contribution in [0.3, 0.4) is 0 Å². The Morgan fingerprint density at radius 2 is 1.82 bits per heavy atom. The average molecular weight is 257 g/mol. The van der Waals surface area contributed by atoms with Gasteiger partial charge in [-0.15, -0.1) is 0 Å². The van der Waals surface area contributed by atoms with E-state index in [0.29, 0.717) is 4.74 Å². The number of benzene rings is 1. The predicted molar refractivity (Wildman–Crippen MR) is 64.8 cm³/mol. The first kappa shape index (κ1) is 13.7. The Bertz CT molecular complexity index is 541. The summed E-state index contributed by atoms with van der Waals surface area (Å²) in [6.45, 7) is 5.10. The summed E-state index contributed by atoms with van der Waals surface area (Å²) in [5, 5.41) is 11.7. The van der Waals surface area contributed by atoms with Crippen molar-refractivity contribution in [1.82, 2.24) is 0 Å². The van der Waals surface area contributed by atoms with E-state index < -0.39 is 15.7 Å².